The lowest BCUT2D eigenvalue weighted by Gasteiger charge is -2.15. The summed E-state index contributed by atoms with van der Waals surface area (Å²) in [5, 5.41) is 6.82. The third kappa shape index (κ3) is 5.56. The minimum atomic E-state index is 0.0124. The first-order valence-corrected chi connectivity index (χ1v) is 8.85. The summed E-state index contributed by atoms with van der Waals surface area (Å²) in [4.78, 5) is 11.9. The molecule has 0 radical (unpaired) electrons. The SMILES string of the molecule is COc1cc(Cl)cc(CNc2cccc(NC(=O)CC(C)C)c2)c1OC. The zero-order valence-electron chi connectivity index (χ0n) is 15.6. The fourth-order valence-electron chi connectivity index (χ4n) is 2.62. The van der Waals surface area contributed by atoms with Crippen molar-refractivity contribution < 1.29 is 14.3 Å². The summed E-state index contributed by atoms with van der Waals surface area (Å²) in [6.07, 6.45) is 0.497. The van der Waals surface area contributed by atoms with Gasteiger partial charge in [0, 0.05) is 41.0 Å². The molecule has 1 amide bonds. The Morgan fingerprint density at radius 3 is 2.50 bits per heavy atom. The first-order valence-electron chi connectivity index (χ1n) is 8.47. The standard InChI is InChI=1S/C20H25ClN2O3/c1-13(2)8-19(24)23-17-7-5-6-16(11-17)22-12-14-9-15(21)10-18(25-3)20(14)26-4/h5-7,9-11,13,22H,8,12H2,1-4H3,(H,23,24). The van der Waals surface area contributed by atoms with Crippen LogP contribution in [0.1, 0.15) is 25.8 Å². The molecule has 0 unspecified atom stereocenters. The smallest absolute Gasteiger partial charge is 0.224 e. The van der Waals surface area contributed by atoms with Gasteiger partial charge in [0.05, 0.1) is 14.2 Å². The molecule has 0 bridgehead atoms. The van der Waals surface area contributed by atoms with E-state index >= 15 is 0 Å². The number of rotatable bonds is 8. The van der Waals surface area contributed by atoms with Gasteiger partial charge in [-0.2, -0.15) is 0 Å². The summed E-state index contributed by atoms with van der Waals surface area (Å²) < 4.78 is 10.8. The van der Waals surface area contributed by atoms with E-state index in [1.807, 2.05) is 44.2 Å². The summed E-state index contributed by atoms with van der Waals surface area (Å²) in [6, 6.07) is 11.1. The van der Waals surface area contributed by atoms with Gasteiger partial charge in [0.2, 0.25) is 5.91 Å². The number of hydrogen-bond donors (Lipinski definition) is 2. The number of nitrogens with one attached hydrogen (secondary N) is 2. The highest BCUT2D eigenvalue weighted by atomic mass is 35.5. The van der Waals surface area contributed by atoms with E-state index in [2.05, 4.69) is 10.6 Å². The van der Waals surface area contributed by atoms with E-state index in [4.69, 9.17) is 21.1 Å². The van der Waals surface area contributed by atoms with Gasteiger partial charge in [0.1, 0.15) is 0 Å². The molecule has 0 atom stereocenters. The number of amides is 1. The van der Waals surface area contributed by atoms with E-state index < -0.39 is 0 Å². The van der Waals surface area contributed by atoms with E-state index in [1.54, 1.807) is 20.3 Å². The van der Waals surface area contributed by atoms with Gasteiger partial charge < -0.3 is 20.1 Å². The van der Waals surface area contributed by atoms with E-state index in [0.29, 0.717) is 35.4 Å². The number of carbonyl (C=O) groups is 1. The molecule has 2 aromatic rings. The Balaban J connectivity index is 2.10. The molecule has 0 aromatic heterocycles. The van der Waals surface area contributed by atoms with Crippen LogP contribution in [0.15, 0.2) is 36.4 Å². The molecule has 0 aliphatic heterocycles. The highest BCUT2D eigenvalue weighted by Gasteiger charge is 2.12. The normalized spacial score (nSPS) is 10.5. The first kappa shape index (κ1) is 19.9. The molecule has 2 N–H and O–H groups in total. The fourth-order valence-corrected chi connectivity index (χ4v) is 2.86. The van der Waals surface area contributed by atoms with Crippen LogP contribution < -0.4 is 20.1 Å². The Hall–Kier alpha value is -2.40. The fraction of sp³-hybridized carbons (Fsp3) is 0.350. The largest absolute Gasteiger partial charge is 0.493 e. The van der Waals surface area contributed by atoms with Crippen molar-refractivity contribution in [3.05, 3.63) is 47.0 Å². The quantitative estimate of drug-likeness (QED) is 0.684. The van der Waals surface area contributed by atoms with Crippen LogP contribution in [0.5, 0.6) is 11.5 Å². The second-order valence-corrected chi connectivity index (χ2v) is 6.82. The summed E-state index contributed by atoms with van der Waals surface area (Å²) in [5.74, 6) is 1.57. The zero-order chi connectivity index (χ0) is 19.1. The third-order valence-corrected chi connectivity index (χ3v) is 3.96. The van der Waals surface area contributed by atoms with Crippen molar-refractivity contribution in [3.8, 4) is 11.5 Å². The van der Waals surface area contributed by atoms with Gasteiger partial charge in [-0.3, -0.25) is 4.79 Å². The Bertz CT molecular complexity index is 763. The van der Waals surface area contributed by atoms with Crippen LogP contribution in [-0.2, 0) is 11.3 Å². The Morgan fingerprint density at radius 2 is 1.85 bits per heavy atom. The second kappa shape index (κ2) is 9.34. The summed E-state index contributed by atoms with van der Waals surface area (Å²) in [6.45, 7) is 4.54. The maximum absolute atomic E-state index is 11.9. The lowest BCUT2D eigenvalue weighted by molar-refractivity contribution is -0.116. The first-order chi connectivity index (χ1) is 12.4. The Kier molecular flexibility index (Phi) is 7.16. The van der Waals surface area contributed by atoms with Crippen molar-refractivity contribution in [3.63, 3.8) is 0 Å². The highest BCUT2D eigenvalue weighted by Crippen LogP contribution is 2.34. The molecule has 2 rings (SSSR count). The molecule has 26 heavy (non-hydrogen) atoms. The van der Waals surface area contributed by atoms with Gasteiger partial charge in [0.15, 0.2) is 11.5 Å². The monoisotopic (exact) mass is 376 g/mol. The van der Waals surface area contributed by atoms with Crippen molar-refractivity contribution in [2.24, 2.45) is 5.92 Å². The van der Waals surface area contributed by atoms with Crippen LogP contribution in [0.25, 0.3) is 0 Å². The molecule has 0 spiro atoms. The number of hydrogen-bond acceptors (Lipinski definition) is 4. The molecular weight excluding hydrogens is 352 g/mol. The van der Waals surface area contributed by atoms with Crippen molar-refractivity contribution in [2.75, 3.05) is 24.9 Å². The maximum Gasteiger partial charge on any atom is 0.224 e. The van der Waals surface area contributed by atoms with Gasteiger partial charge >= 0.3 is 0 Å². The molecule has 0 aliphatic carbocycles. The molecule has 2 aromatic carbocycles. The minimum Gasteiger partial charge on any atom is -0.493 e. The zero-order valence-corrected chi connectivity index (χ0v) is 16.3. The summed E-state index contributed by atoms with van der Waals surface area (Å²) >= 11 is 6.15. The number of ether oxygens (including phenoxy) is 2. The van der Waals surface area contributed by atoms with Crippen LogP contribution in [0.4, 0.5) is 11.4 Å². The summed E-state index contributed by atoms with van der Waals surface area (Å²) in [7, 11) is 3.18. The predicted molar refractivity (Wildman–Crippen MR) is 106 cm³/mol. The van der Waals surface area contributed by atoms with Crippen LogP contribution in [-0.4, -0.2) is 20.1 Å². The van der Waals surface area contributed by atoms with E-state index in [-0.39, 0.29) is 5.91 Å². The molecule has 0 saturated heterocycles. The lowest BCUT2D eigenvalue weighted by Crippen LogP contribution is -2.14. The highest BCUT2D eigenvalue weighted by molar-refractivity contribution is 6.30. The predicted octanol–water partition coefficient (Wildman–Crippen LogP) is 4.95. The minimum absolute atomic E-state index is 0.0124. The second-order valence-electron chi connectivity index (χ2n) is 6.38. The van der Waals surface area contributed by atoms with Crippen LogP contribution in [0, 0.1) is 5.92 Å². The molecule has 6 heteroatoms. The molecule has 0 aliphatic rings. The molecule has 0 heterocycles. The van der Waals surface area contributed by atoms with Crippen molar-refractivity contribution in [1.82, 2.24) is 0 Å². The lowest BCUT2D eigenvalue weighted by atomic mass is 10.1. The van der Waals surface area contributed by atoms with Gasteiger partial charge in [-0.15, -0.1) is 0 Å². The van der Waals surface area contributed by atoms with Crippen molar-refractivity contribution in [2.45, 2.75) is 26.8 Å². The maximum atomic E-state index is 11.9. The third-order valence-electron chi connectivity index (χ3n) is 3.74. The number of halogens is 1. The average molecular weight is 377 g/mol. The van der Waals surface area contributed by atoms with Gasteiger partial charge in [0.25, 0.3) is 0 Å². The van der Waals surface area contributed by atoms with Crippen LogP contribution in [0.3, 0.4) is 0 Å². The number of carbonyl (C=O) groups excluding carboxylic acids is 1. The number of methoxy groups -OCH3 is 2. The molecular formula is C20H25ClN2O3. The van der Waals surface area contributed by atoms with Gasteiger partial charge in [-0.25, -0.2) is 0 Å². The Labute approximate surface area is 159 Å². The molecule has 0 fully saturated rings. The van der Waals surface area contributed by atoms with Crippen molar-refractivity contribution in [1.29, 1.82) is 0 Å². The van der Waals surface area contributed by atoms with Crippen LogP contribution >= 0.6 is 11.6 Å². The average Bonchev–Trinajstić information content (AvgIpc) is 2.58. The number of anilines is 2. The van der Waals surface area contributed by atoms with E-state index in [0.717, 1.165) is 16.9 Å². The Morgan fingerprint density at radius 1 is 1.12 bits per heavy atom. The van der Waals surface area contributed by atoms with Gasteiger partial charge in [-0.05, 0) is 30.2 Å². The van der Waals surface area contributed by atoms with E-state index in [9.17, 15) is 4.79 Å². The molecule has 140 valence electrons. The van der Waals surface area contributed by atoms with Gasteiger partial charge in [-0.1, -0.05) is 31.5 Å². The number of benzene rings is 2. The van der Waals surface area contributed by atoms with Crippen molar-refractivity contribution >= 4 is 28.9 Å². The topological polar surface area (TPSA) is 59.6 Å². The molecule has 0 saturated carbocycles. The molecule has 5 nitrogen and oxygen atoms in total. The van der Waals surface area contributed by atoms with E-state index in [1.165, 1.54) is 0 Å². The summed E-state index contributed by atoms with van der Waals surface area (Å²) in [5.41, 5.74) is 2.52. The van der Waals surface area contributed by atoms with Crippen LogP contribution in [0.2, 0.25) is 5.02 Å².